The van der Waals surface area contributed by atoms with Crippen LogP contribution in [0.2, 0.25) is 0 Å². The van der Waals surface area contributed by atoms with Gasteiger partial charge in [0, 0.05) is 17.5 Å². The highest BCUT2D eigenvalue weighted by Gasteiger charge is 2.26. The summed E-state index contributed by atoms with van der Waals surface area (Å²) in [5.74, 6) is 3.35. The molecule has 0 spiro atoms. The number of aromatic nitrogens is 2. The summed E-state index contributed by atoms with van der Waals surface area (Å²) in [6, 6.07) is 0. The first kappa shape index (κ1) is 13.6. The molecule has 0 bridgehead atoms. The highest BCUT2D eigenvalue weighted by molar-refractivity contribution is 5.23. The van der Waals surface area contributed by atoms with Crippen LogP contribution in [0.25, 0.3) is 0 Å². The standard InChI is InChI=1S/C16H28N2/c1-5-7-13(8-6-2)16-17-14-10-11(3)9-12(4)15(14)18-16/h11-13H,5-10H2,1-4H3,(H,17,18). The number of aromatic amines is 1. The Morgan fingerprint density at radius 2 is 1.89 bits per heavy atom. The number of hydrogen-bond acceptors (Lipinski definition) is 1. The number of imidazole rings is 1. The molecule has 0 saturated heterocycles. The second-order valence-corrected chi connectivity index (χ2v) is 6.21. The molecule has 0 aliphatic heterocycles. The molecule has 1 aliphatic rings. The molecular weight excluding hydrogens is 220 g/mol. The quantitative estimate of drug-likeness (QED) is 0.798. The lowest BCUT2D eigenvalue weighted by Gasteiger charge is -2.22. The topological polar surface area (TPSA) is 28.7 Å². The number of rotatable bonds is 5. The summed E-state index contributed by atoms with van der Waals surface area (Å²) in [5.41, 5.74) is 2.79. The van der Waals surface area contributed by atoms with E-state index in [4.69, 9.17) is 4.98 Å². The van der Waals surface area contributed by atoms with Crippen LogP contribution < -0.4 is 0 Å². The predicted molar refractivity (Wildman–Crippen MR) is 77.0 cm³/mol. The van der Waals surface area contributed by atoms with Crippen molar-refractivity contribution in [2.75, 3.05) is 0 Å². The van der Waals surface area contributed by atoms with Crippen LogP contribution in [0.15, 0.2) is 0 Å². The van der Waals surface area contributed by atoms with E-state index in [2.05, 4.69) is 32.7 Å². The molecule has 0 saturated carbocycles. The lowest BCUT2D eigenvalue weighted by Crippen LogP contribution is -2.14. The number of H-pyrrole nitrogens is 1. The van der Waals surface area contributed by atoms with E-state index in [0.29, 0.717) is 11.8 Å². The first-order valence-corrected chi connectivity index (χ1v) is 7.74. The molecular formula is C16H28N2. The molecule has 1 aliphatic carbocycles. The third-order valence-corrected chi connectivity index (χ3v) is 4.27. The molecule has 102 valence electrons. The first-order valence-electron chi connectivity index (χ1n) is 7.74. The Kier molecular flexibility index (Phi) is 4.47. The van der Waals surface area contributed by atoms with Crippen LogP contribution in [0.3, 0.4) is 0 Å². The summed E-state index contributed by atoms with van der Waals surface area (Å²) < 4.78 is 0. The molecule has 2 nitrogen and oxygen atoms in total. The van der Waals surface area contributed by atoms with Gasteiger partial charge < -0.3 is 4.98 Å². The number of fused-ring (bicyclic) bond motifs is 1. The zero-order chi connectivity index (χ0) is 13.1. The lowest BCUT2D eigenvalue weighted by atomic mass is 9.84. The molecule has 1 aromatic heterocycles. The Bertz CT molecular complexity index is 374. The molecule has 0 amide bonds. The Balaban J connectivity index is 2.22. The SMILES string of the molecule is CCCC(CCC)c1nc2c([nH]1)CC(C)CC2C. The van der Waals surface area contributed by atoms with Crippen molar-refractivity contribution in [1.82, 2.24) is 9.97 Å². The summed E-state index contributed by atoms with van der Waals surface area (Å²) in [6.45, 7) is 9.23. The van der Waals surface area contributed by atoms with Gasteiger partial charge in [0.05, 0.1) is 5.69 Å². The second kappa shape index (κ2) is 5.90. The molecule has 0 fully saturated rings. The average molecular weight is 248 g/mol. The summed E-state index contributed by atoms with van der Waals surface area (Å²) in [6.07, 6.45) is 7.53. The van der Waals surface area contributed by atoms with Gasteiger partial charge in [-0.3, -0.25) is 0 Å². The van der Waals surface area contributed by atoms with Gasteiger partial charge in [0.25, 0.3) is 0 Å². The van der Waals surface area contributed by atoms with Gasteiger partial charge in [0.1, 0.15) is 5.82 Å². The van der Waals surface area contributed by atoms with Crippen LogP contribution >= 0.6 is 0 Å². The van der Waals surface area contributed by atoms with E-state index in [1.165, 1.54) is 55.7 Å². The minimum Gasteiger partial charge on any atom is -0.345 e. The van der Waals surface area contributed by atoms with E-state index >= 15 is 0 Å². The van der Waals surface area contributed by atoms with Crippen LogP contribution in [0.1, 0.15) is 88.8 Å². The molecule has 2 atom stereocenters. The Hall–Kier alpha value is -0.790. The fourth-order valence-corrected chi connectivity index (χ4v) is 3.46. The van der Waals surface area contributed by atoms with Crippen LogP contribution in [-0.4, -0.2) is 9.97 Å². The predicted octanol–water partition coefficient (Wildman–Crippen LogP) is 4.78. The minimum absolute atomic E-state index is 0.637. The van der Waals surface area contributed by atoms with Crippen molar-refractivity contribution in [2.24, 2.45) is 5.92 Å². The maximum absolute atomic E-state index is 4.95. The van der Waals surface area contributed by atoms with Crippen LogP contribution in [0.5, 0.6) is 0 Å². The second-order valence-electron chi connectivity index (χ2n) is 6.21. The highest BCUT2D eigenvalue weighted by atomic mass is 15.0. The van der Waals surface area contributed by atoms with Gasteiger partial charge in [-0.15, -0.1) is 0 Å². The van der Waals surface area contributed by atoms with E-state index in [0.717, 1.165) is 5.92 Å². The fourth-order valence-electron chi connectivity index (χ4n) is 3.46. The monoisotopic (exact) mass is 248 g/mol. The zero-order valence-corrected chi connectivity index (χ0v) is 12.4. The minimum atomic E-state index is 0.637. The molecule has 1 aromatic rings. The van der Waals surface area contributed by atoms with Crippen molar-refractivity contribution < 1.29 is 0 Å². The van der Waals surface area contributed by atoms with Gasteiger partial charge in [0.2, 0.25) is 0 Å². The van der Waals surface area contributed by atoms with Crippen molar-refractivity contribution in [1.29, 1.82) is 0 Å². The van der Waals surface area contributed by atoms with Crippen molar-refractivity contribution in [3.8, 4) is 0 Å². The Morgan fingerprint density at radius 3 is 2.50 bits per heavy atom. The molecule has 2 unspecified atom stereocenters. The zero-order valence-electron chi connectivity index (χ0n) is 12.4. The van der Waals surface area contributed by atoms with Crippen LogP contribution in [0, 0.1) is 5.92 Å². The molecule has 0 radical (unpaired) electrons. The van der Waals surface area contributed by atoms with Crippen molar-refractivity contribution in [3.63, 3.8) is 0 Å². The van der Waals surface area contributed by atoms with Gasteiger partial charge in [-0.1, -0.05) is 40.5 Å². The number of nitrogens with zero attached hydrogens (tertiary/aromatic N) is 1. The molecule has 1 N–H and O–H groups in total. The van der Waals surface area contributed by atoms with Crippen molar-refractivity contribution >= 4 is 0 Å². The van der Waals surface area contributed by atoms with E-state index in [9.17, 15) is 0 Å². The van der Waals surface area contributed by atoms with Gasteiger partial charge >= 0.3 is 0 Å². The molecule has 18 heavy (non-hydrogen) atoms. The van der Waals surface area contributed by atoms with Gasteiger partial charge in [-0.25, -0.2) is 4.98 Å². The summed E-state index contributed by atoms with van der Waals surface area (Å²) >= 11 is 0. The van der Waals surface area contributed by atoms with E-state index < -0.39 is 0 Å². The third kappa shape index (κ3) is 2.78. The van der Waals surface area contributed by atoms with Crippen molar-refractivity contribution in [3.05, 3.63) is 17.2 Å². The average Bonchev–Trinajstić information content (AvgIpc) is 2.72. The van der Waals surface area contributed by atoms with Gasteiger partial charge in [-0.2, -0.15) is 0 Å². The largest absolute Gasteiger partial charge is 0.345 e. The van der Waals surface area contributed by atoms with E-state index in [-0.39, 0.29) is 0 Å². The van der Waals surface area contributed by atoms with E-state index in [1.54, 1.807) is 0 Å². The summed E-state index contributed by atoms with van der Waals surface area (Å²) in [5, 5.41) is 0. The molecule has 2 heteroatoms. The first-order chi connectivity index (χ1) is 8.65. The van der Waals surface area contributed by atoms with Gasteiger partial charge in [-0.05, 0) is 31.6 Å². The maximum Gasteiger partial charge on any atom is 0.109 e. The van der Waals surface area contributed by atoms with Crippen molar-refractivity contribution in [2.45, 2.75) is 78.1 Å². The summed E-state index contributed by atoms with van der Waals surface area (Å²) in [4.78, 5) is 8.60. The number of hydrogen-bond donors (Lipinski definition) is 1. The smallest absolute Gasteiger partial charge is 0.109 e. The van der Waals surface area contributed by atoms with E-state index in [1.807, 2.05) is 0 Å². The molecule has 0 aromatic carbocycles. The lowest BCUT2D eigenvalue weighted by molar-refractivity contribution is 0.440. The molecule has 1 heterocycles. The van der Waals surface area contributed by atoms with Crippen LogP contribution in [0.4, 0.5) is 0 Å². The summed E-state index contributed by atoms with van der Waals surface area (Å²) in [7, 11) is 0. The van der Waals surface area contributed by atoms with Gasteiger partial charge in [0.15, 0.2) is 0 Å². The third-order valence-electron chi connectivity index (χ3n) is 4.27. The maximum atomic E-state index is 4.95. The number of nitrogens with one attached hydrogen (secondary N) is 1. The fraction of sp³-hybridized carbons (Fsp3) is 0.812. The highest BCUT2D eigenvalue weighted by Crippen LogP contribution is 2.35. The Labute approximate surface area is 112 Å². The molecule has 2 rings (SSSR count). The normalized spacial score (nSPS) is 23.4. The van der Waals surface area contributed by atoms with Crippen LogP contribution in [-0.2, 0) is 6.42 Å². The Morgan fingerprint density at radius 1 is 1.22 bits per heavy atom.